The van der Waals surface area contributed by atoms with Gasteiger partial charge in [0.15, 0.2) is 10.6 Å². The summed E-state index contributed by atoms with van der Waals surface area (Å²) in [4.78, 5) is 30.2. The van der Waals surface area contributed by atoms with Crippen LogP contribution >= 0.6 is 23.6 Å². The van der Waals surface area contributed by atoms with Crippen LogP contribution in [0, 0.1) is 6.92 Å². The molecule has 5 nitrogen and oxygen atoms in total. The first-order valence-corrected chi connectivity index (χ1v) is 10.8. The van der Waals surface area contributed by atoms with Crippen LogP contribution in [-0.4, -0.2) is 21.4 Å². The summed E-state index contributed by atoms with van der Waals surface area (Å²) in [7, 11) is 1.92. The summed E-state index contributed by atoms with van der Waals surface area (Å²) in [6, 6.07) is 21.7. The molecule has 1 aromatic heterocycles. The number of carbonyl (C=O) groups is 2. The minimum atomic E-state index is -0.368. The van der Waals surface area contributed by atoms with E-state index in [9.17, 15) is 9.59 Å². The van der Waals surface area contributed by atoms with Crippen LogP contribution in [0.5, 0.6) is 0 Å². The average molecular weight is 446 g/mol. The van der Waals surface area contributed by atoms with Gasteiger partial charge in [-0.3, -0.25) is 14.9 Å². The van der Waals surface area contributed by atoms with Gasteiger partial charge < -0.3 is 4.57 Å². The van der Waals surface area contributed by atoms with Crippen LogP contribution in [0.15, 0.2) is 77.8 Å². The van der Waals surface area contributed by atoms with Crippen LogP contribution in [0.4, 0.5) is 0 Å². The maximum Gasteiger partial charge on any atom is 0.257 e. The normalized spacial score (nSPS) is 11.5. The average Bonchev–Trinajstić information content (AvgIpc) is 3.08. The van der Waals surface area contributed by atoms with E-state index in [1.54, 1.807) is 36.4 Å². The predicted molar refractivity (Wildman–Crippen MR) is 127 cm³/mol. The highest BCUT2D eigenvalue weighted by atomic mass is 32.1. The van der Waals surface area contributed by atoms with Crippen LogP contribution in [0.1, 0.15) is 31.8 Å². The Morgan fingerprint density at radius 2 is 1.58 bits per heavy atom. The first kappa shape index (κ1) is 20.8. The minimum Gasteiger partial charge on any atom is -0.319 e. The molecule has 0 bridgehead atoms. The molecular weight excluding hydrogens is 426 g/mol. The van der Waals surface area contributed by atoms with Crippen molar-refractivity contribution in [3.63, 3.8) is 0 Å². The van der Waals surface area contributed by atoms with Gasteiger partial charge in [-0.2, -0.15) is 4.99 Å². The number of nitrogens with one attached hydrogen (secondary N) is 1. The number of carbonyl (C=O) groups excluding carboxylic acids is 2. The van der Waals surface area contributed by atoms with Gasteiger partial charge >= 0.3 is 0 Å². The molecular formula is C24H19N3O2S2. The van der Waals surface area contributed by atoms with Gasteiger partial charge in [0, 0.05) is 23.7 Å². The topological polar surface area (TPSA) is 63.5 Å². The van der Waals surface area contributed by atoms with Crippen LogP contribution in [0.25, 0.3) is 10.2 Å². The minimum absolute atomic E-state index is 0.0910. The van der Waals surface area contributed by atoms with Crippen molar-refractivity contribution in [1.29, 1.82) is 0 Å². The number of hydrogen-bond donors (Lipinski definition) is 1. The lowest BCUT2D eigenvalue weighted by Crippen LogP contribution is -2.29. The fourth-order valence-electron chi connectivity index (χ4n) is 3.16. The number of aryl methyl sites for hydroxylation is 2. The van der Waals surface area contributed by atoms with E-state index in [0.717, 1.165) is 10.2 Å². The zero-order chi connectivity index (χ0) is 22.0. The molecule has 1 N–H and O–H groups in total. The first-order chi connectivity index (χ1) is 14.9. The van der Waals surface area contributed by atoms with E-state index >= 15 is 0 Å². The van der Waals surface area contributed by atoms with Crippen molar-refractivity contribution >= 4 is 50.6 Å². The number of ketones is 1. The maximum atomic E-state index is 12.6. The molecule has 0 unspecified atom stereocenters. The summed E-state index contributed by atoms with van der Waals surface area (Å²) in [5, 5.41) is 2.73. The lowest BCUT2D eigenvalue weighted by Gasteiger charge is -2.05. The number of benzene rings is 3. The standard InChI is InChI=1S/C24H19N3O2S2/c1-15-8-13-19-20(14-15)31-24(27(19)2)26-23(30)25-22(29)18-11-9-17(10-12-18)21(28)16-6-4-3-5-7-16/h3-14H,1-2H3,(H,25,29,30). The first-order valence-electron chi connectivity index (χ1n) is 9.58. The quantitative estimate of drug-likeness (QED) is 0.376. The van der Waals surface area contributed by atoms with Crippen LogP contribution in [0.2, 0.25) is 0 Å². The molecule has 0 aliphatic heterocycles. The number of thiocarbonyl (C=S) groups is 1. The monoisotopic (exact) mass is 445 g/mol. The molecule has 154 valence electrons. The number of amides is 1. The van der Waals surface area contributed by atoms with Gasteiger partial charge in [-0.25, -0.2) is 0 Å². The highest BCUT2D eigenvalue weighted by Crippen LogP contribution is 2.18. The molecule has 0 saturated heterocycles. The number of thiazole rings is 1. The molecule has 0 radical (unpaired) electrons. The number of aromatic nitrogens is 1. The number of fused-ring (bicyclic) bond motifs is 1. The van der Waals surface area contributed by atoms with E-state index in [1.165, 1.54) is 16.9 Å². The summed E-state index contributed by atoms with van der Waals surface area (Å²) >= 11 is 6.79. The fraction of sp³-hybridized carbons (Fsp3) is 0.0833. The molecule has 31 heavy (non-hydrogen) atoms. The molecule has 4 rings (SSSR count). The molecule has 0 fully saturated rings. The van der Waals surface area contributed by atoms with Crippen LogP contribution < -0.4 is 10.1 Å². The Morgan fingerprint density at radius 1 is 0.935 bits per heavy atom. The molecule has 0 aliphatic carbocycles. The van der Waals surface area contributed by atoms with Gasteiger partial charge in [0.05, 0.1) is 10.2 Å². The van der Waals surface area contributed by atoms with Gasteiger partial charge in [0.1, 0.15) is 0 Å². The molecule has 3 aromatic carbocycles. The van der Waals surface area contributed by atoms with Gasteiger partial charge in [0.2, 0.25) is 5.11 Å². The third-order valence-corrected chi connectivity index (χ3v) is 6.12. The van der Waals surface area contributed by atoms with Gasteiger partial charge in [-0.05, 0) is 49.0 Å². The van der Waals surface area contributed by atoms with Gasteiger partial charge in [-0.1, -0.05) is 59.9 Å². The summed E-state index contributed by atoms with van der Waals surface area (Å²) in [5.74, 6) is -0.461. The second kappa shape index (κ2) is 8.75. The molecule has 0 spiro atoms. The van der Waals surface area contributed by atoms with Crippen LogP contribution in [-0.2, 0) is 7.05 Å². The Bertz CT molecular complexity index is 1370. The van der Waals surface area contributed by atoms with Crippen molar-refractivity contribution in [2.24, 2.45) is 12.0 Å². The van der Waals surface area contributed by atoms with E-state index in [2.05, 4.69) is 16.4 Å². The van der Waals surface area contributed by atoms with Gasteiger partial charge in [-0.15, -0.1) is 0 Å². The highest BCUT2D eigenvalue weighted by molar-refractivity contribution is 7.80. The second-order valence-corrected chi connectivity index (χ2v) is 8.45. The van der Waals surface area contributed by atoms with Crippen molar-refractivity contribution in [3.8, 4) is 0 Å². The van der Waals surface area contributed by atoms with Gasteiger partial charge in [0.25, 0.3) is 5.91 Å². The van der Waals surface area contributed by atoms with E-state index in [-0.39, 0.29) is 16.8 Å². The van der Waals surface area contributed by atoms with E-state index in [1.807, 2.05) is 48.9 Å². The fourth-order valence-corrected chi connectivity index (χ4v) is 4.52. The SMILES string of the molecule is Cc1ccc2c(c1)sc(=NC(=S)NC(=O)c1ccc(C(=O)c3ccccc3)cc1)n2C. The lowest BCUT2D eigenvalue weighted by atomic mass is 10.0. The molecule has 1 heterocycles. The number of hydrogen-bond acceptors (Lipinski definition) is 4. The Balaban J connectivity index is 1.49. The predicted octanol–water partition coefficient (Wildman–Crippen LogP) is 4.39. The zero-order valence-electron chi connectivity index (χ0n) is 17.0. The molecule has 0 aliphatic rings. The van der Waals surface area contributed by atoms with Crippen molar-refractivity contribution in [2.75, 3.05) is 0 Å². The highest BCUT2D eigenvalue weighted by Gasteiger charge is 2.12. The third kappa shape index (κ3) is 4.52. The molecule has 0 saturated carbocycles. The lowest BCUT2D eigenvalue weighted by molar-refractivity contribution is 0.0975. The zero-order valence-corrected chi connectivity index (χ0v) is 18.6. The maximum absolute atomic E-state index is 12.6. The van der Waals surface area contributed by atoms with Crippen molar-refractivity contribution in [1.82, 2.24) is 9.88 Å². The second-order valence-electron chi connectivity index (χ2n) is 7.06. The summed E-state index contributed by atoms with van der Waals surface area (Å²) in [6.45, 7) is 2.04. The van der Waals surface area contributed by atoms with Crippen LogP contribution in [0.3, 0.4) is 0 Å². The summed E-state index contributed by atoms with van der Waals surface area (Å²) in [5.41, 5.74) is 3.75. The third-order valence-electron chi connectivity index (χ3n) is 4.83. The number of rotatable bonds is 3. The summed E-state index contributed by atoms with van der Waals surface area (Å²) < 4.78 is 3.05. The molecule has 7 heteroatoms. The smallest absolute Gasteiger partial charge is 0.257 e. The Morgan fingerprint density at radius 3 is 2.29 bits per heavy atom. The van der Waals surface area contributed by atoms with Crippen molar-refractivity contribution in [3.05, 3.63) is 99.9 Å². The number of nitrogens with zero attached hydrogens (tertiary/aromatic N) is 2. The molecule has 4 aromatic rings. The van der Waals surface area contributed by atoms with E-state index in [0.29, 0.717) is 21.5 Å². The largest absolute Gasteiger partial charge is 0.319 e. The summed E-state index contributed by atoms with van der Waals surface area (Å²) in [6.07, 6.45) is 0. The Labute approximate surface area is 188 Å². The van der Waals surface area contributed by atoms with Crippen molar-refractivity contribution in [2.45, 2.75) is 6.92 Å². The van der Waals surface area contributed by atoms with Crippen molar-refractivity contribution < 1.29 is 9.59 Å². The Kier molecular flexibility index (Phi) is 5.88. The molecule has 0 atom stereocenters. The van der Waals surface area contributed by atoms with E-state index in [4.69, 9.17) is 12.2 Å². The van der Waals surface area contributed by atoms with E-state index < -0.39 is 0 Å². The molecule has 1 amide bonds. The Hall–Kier alpha value is -3.42.